The first-order valence-corrected chi connectivity index (χ1v) is 6.48. The van der Waals surface area contributed by atoms with E-state index < -0.39 is 6.04 Å². The molecule has 6 nitrogen and oxygen atoms in total. The van der Waals surface area contributed by atoms with Gasteiger partial charge in [0, 0.05) is 25.8 Å². The number of hydrogen-bond acceptors (Lipinski definition) is 5. The first kappa shape index (κ1) is 19.9. The summed E-state index contributed by atoms with van der Waals surface area (Å²) in [7, 11) is 0. The topological polar surface area (TPSA) is 80.5 Å². The van der Waals surface area contributed by atoms with Crippen molar-refractivity contribution in [3.05, 3.63) is 23.9 Å². The number of amides is 1. The first-order chi connectivity index (χ1) is 9.16. The third-order valence-corrected chi connectivity index (χ3v) is 3.02. The Kier molecular flexibility index (Phi) is 9.28. The molecule has 0 unspecified atom stereocenters. The highest BCUT2D eigenvalue weighted by Crippen LogP contribution is 2.12. The van der Waals surface area contributed by atoms with Crippen LogP contribution < -0.4 is 16.0 Å². The van der Waals surface area contributed by atoms with Crippen LogP contribution in [0.25, 0.3) is 0 Å². The molecule has 2 rings (SSSR count). The highest BCUT2D eigenvalue weighted by Gasteiger charge is 2.12. The maximum Gasteiger partial charge on any atom is 0.236 e. The van der Waals surface area contributed by atoms with Crippen LogP contribution in [-0.4, -0.2) is 43.2 Å². The van der Waals surface area contributed by atoms with E-state index in [4.69, 9.17) is 10.5 Å². The molecule has 2 heterocycles. The third kappa shape index (κ3) is 6.05. The lowest BCUT2D eigenvalue weighted by molar-refractivity contribution is -0.122. The van der Waals surface area contributed by atoms with E-state index in [1.807, 2.05) is 12.1 Å². The molecule has 1 aromatic heterocycles. The van der Waals surface area contributed by atoms with E-state index in [0.29, 0.717) is 6.54 Å². The van der Waals surface area contributed by atoms with Gasteiger partial charge in [0.05, 0.1) is 19.3 Å². The molecule has 0 aromatic carbocycles. The standard InChI is InChI=1S/C13H20N4O2.2ClH/c1-10(14)13(18)16-9-11-2-3-12(15-8-11)17-4-6-19-7-5-17;;/h2-3,8,10H,4-7,9,14H2,1H3,(H,16,18);2*1H/t10-;;/m0../s1. The Morgan fingerprint density at radius 1 is 1.43 bits per heavy atom. The van der Waals surface area contributed by atoms with Crippen LogP contribution in [0.2, 0.25) is 0 Å². The molecule has 3 N–H and O–H groups in total. The number of carbonyl (C=O) groups is 1. The second-order valence-corrected chi connectivity index (χ2v) is 4.63. The number of anilines is 1. The van der Waals surface area contributed by atoms with Crippen molar-refractivity contribution >= 4 is 36.5 Å². The summed E-state index contributed by atoms with van der Waals surface area (Å²) in [5.74, 6) is 0.794. The summed E-state index contributed by atoms with van der Waals surface area (Å²) in [6.07, 6.45) is 1.78. The van der Waals surface area contributed by atoms with Gasteiger partial charge in [-0.15, -0.1) is 24.8 Å². The Labute approximate surface area is 137 Å². The van der Waals surface area contributed by atoms with Gasteiger partial charge in [-0.1, -0.05) is 6.07 Å². The zero-order valence-corrected chi connectivity index (χ0v) is 13.6. The summed E-state index contributed by atoms with van der Waals surface area (Å²) in [5, 5.41) is 2.76. The molecule has 21 heavy (non-hydrogen) atoms. The smallest absolute Gasteiger partial charge is 0.236 e. The average Bonchev–Trinajstić information content (AvgIpc) is 2.46. The van der Waals surface area contributed by atoms with E-state index in [2.05, 4.69) is 15.2 Å². The number of ether oxygens (including phenoxy) is 1. The lowest BCUT2D eigenvalue weighted by atomic mass is 10.2. The van der Waals surface area contributed by atoms with Gasteiger partial charge in [-0.25, -0.2) is 4.98 Å². The number of aromatic nitrogens is 1. The van der Waals surface area contributed by atoms with Crippen LogP contribution in [0.1, 0.15) is 12.5 Å². The van der Waals surface area contributed by atoms with Crippen LogP contribution >= 0.6 is 24.8 Å². The lowest BCUT2D eigenvalue weighted by Gasteiger charge is -2.27. The van der Waals surface area contributed by atoms with Crippen molar-refractivity contribution in [3.63, 3.8) is 0 Å². The van der Waals surface area contributed by atoms with Gasteiger partial charge in [0.15, 0.2) is 0 Å². The summed E-state index contributed by atoms with van der Waals surface area (Å²) >= 11 is 0. The largest absolute Gasteiger partial charge is 0.378 e. The number of hydrogen-bond donors (Lipinski definition) is 2. The summed E-state index contributed by atoms with van der Waals surface area (Å²) < 4.78 is 5.30. The van der Waals surface area contributed by atoms with Gasteiger partial charge >= 0.3 is 0 Å². The van der Waals surface area contributed by atoms with Gasteiger partial charge in [-0.2, -0.15) is 0 Å². The minimum absolute atomic E-state index is 0. The number of nitrogens with zero attached hydrogens (tertiary/aromatic N) is 2. The number of halogens is 2. The minimum Gasteiger partial charge on any atom is -0.378 e. The van der Waals surface area contributed by atoms with Crippen molar-refractivity contribution in [2.75, 3.05) is 31.2 Å². The predicted molar refractivity (Wildman–Crippen MR) is 87.3 cm³/mol. The Balaban J connectivity index is 0.00000200. The molecule has 0 saturated carbocycles. The molecule has 0 aliphatic carbocycles. The van der Waals surface area contributed by atoms with E-state index in [0.717, 1.165) is 37.7 Å². The highest BCUT2D eigenvalue weighted by molar-refractivity contribution is 5.85. The van der Waals surface area contributed by atoms with Crippen molar-refractivity contribution in [3.8, 4) is 0 Å². The van der Waals surface area contributed by atoms with Gasteiger partial charge in [-0.3, -0.25) is 4.79 Å². The van der Waals surface area contributed by atoms with Crippen LogP contribution in [0.15, 0.2) is 18.3 Å². The Morgan fingerprint density at radius 2 is 2.10 bits per heavy atom. The van der Waals surface area contributed by atoms with E-state index in [-0.39, 0.29) is 30.7 Å². The van der Waals surface area contributed by atoms with Crippen LogP contribution in [0.5, 0.6) is 0 Å². The Morgan fingerprint density at radius 3 is 2.62 bits per heavy atom. The molecule has 120 valence electrons. The summed E-state index contributed by atoms with van der Waals surface area (Å²) in [6.45, 7) is 5.34. The lowest BCUT2D eigenvalue weighted by Crippen LogP contribution is -2.38. The van der Waals surface area contributed by atoms with E-state index in [1.165, 1.54) is 0 Å². The quantitative estimate of drug-likeness (QED) is 0.847. The number of rotatable bonds is 4. The number of morpholine rings is 1. The molecular weight excluding hydrogens is 315 g/mol. The summed E-state index contributed by atoms with van der Waals surface area (Å²) in [4.78, 5) is 18.0. The minimum atomic E-state index is -0.486. The highest BCUT2D eigenvalue weighted by atomic mass is 35.5. The van der Waals surface area contributed by atoms with Crippen LogP contribution in [-0.2, 0) is 16.1 Å². The fourth-order valence-corrected chi connectivity index (χ4v) is 1.85. The van der Waals surface area contributed by atoms with Crippen LogP contribution in [0, 0.1) is 0 Å². The molecule has 0 spiro atoms. The van der Waals surface area contributed by atoms with E-state index >= 15 is 0 Å². The maximum atomic E-state index is 11.4. The fourth-order valence-electron chi connectivity index (χ4n) is 1.85. The Bertz CT molecular complexity index is 423. The number of pyridine rings is 1. The normalized spacial score (nSPS) is 15.4. The average molecular weight is 337 g/mol. The summed E-state index contributed by atoms with van der Waals surface area (Å²) in [6, 6.07) is 3.46. The molecule has 0 bridgehead atoms. The molecule has 1 aliphatic rings. The van der Waals surface area contributed by atoms with Gasteiger partial charge in [-0.05, 0) is 18.6 Å². The Hall–Kier alpha value is -1.08. The molecule has 1 saturated heterocycles. The van der Waals surface area contributed by atoms with Gasteiger partial charge < -0.3 is 20.7 Å². The molecule has 1 aromatic rings. The molecular formula is C13H22Cl2N4O2. The zero-order chi connectivity index (χ0) is 13.7. The van der Waals surface area contributed by atoms with E-state index in [9.17, 15) is 4.79 Å². The number of nitrogens with one attached hydrogen (secondary N) is 1. The number of nitrogens with two attached hydrogens (primary N) is 1. The molecule has 1 amide bonds. The van der Waals surface area contributed by atoms with Crippen LogP contribution in [0.3, 0.4) is 0 Å². The van der Waals surface area contributed by atoms with Gasteiger partial charge in [0.2, 0.25) is 5.91 Å². The second kappa shape index (κ2) is 9.78. The van der Waals surface area contributed by atoms with Crippen molar-refractivity contribution in [1.82, 2.24) is 10.3 Å². The molecule has 0 radical (unpaired) electrons. The molecule has 1 atom stereocenters. The molecule has 8 heteroatoms. The van der Waals surface area contributed by atoms with Gasteiger partial charge in [0.1, 0.15) is 5.82 Å². The molecule has 1 aliphatic heterocycles. The second-order valence-electron chi connectivity index (χ2n) is 4.63. The zero-order valence-electron chi connectivity index (χ0n) is 11.9. The SMILES string of the molecule is C[C@H](N)C(=O)NCc1ccc(N2CCOCC2)nc1.Cl.Cl. The fraction of sp³-hybridized carbons (Fsp3) is 0.538. The molecule has 1 fully saturated rings. The van der Waals surface area contributed by atoms with Crippen molar-refractivity contribution in [2.24, 2.45) is 5.73 Å². The predicted octanol–water partition coefficient (Wildman–Crippen LogP) is 0.725. The third-order valence-electron chi connectivity index (χ3n) is 3.02. The van der Waals surface area contributed by atoms with Crippen molar-refractivity contribution < 1.29 is 9.53 Å². The summed E-state index contributed by atoms with van der Waals surface area (Å²) in [5.41, 5.74) is 6.44. The van der Waals surface area contributed by atoms with Crippen LogP contribution in [0.4, 0.5) is 5.82 Å². The van der Waals surface area contributed by atoms with Crippen molar-refractivity contribution in [2.45, 2.75) is 19.5 Å². The first-order valence-electron chi connectivity index (χ1n) is 6.48. The van der Waals surface area contributed by atoms with E-state index in [1.54, 1.807) is 13.1 Å². The monoisotopic (exact) mass is 336 g/mol. The maximum absolute atomic E-state index is 11.4. The van der Waals surface area contributed by atoms with Crippen molar-refractivity contribution in [1.29, 1.82) is 0 Å². The number of carbonyl (C=O) groups excluding carboxylic acids is 1. The van der Waals surface area contributed by atoms with Gasteiger partial charge in [0.25, 0.3) is 0 Å².